The van der Waals surface area contributed by atoms with E-state index in [1.807, 2.05) is 0 Å². The lowest BCUT2D eigenvalue weighted by atomic mass is 9.85. The summed E-state index contributed by atoms with van der Waals surface area (Å²) in [5, 5.41) is 0. The Hall–Kier alpha value is -1.30. The van der Waals surface area contributed by atoms with Crippen LogP contribution in [0.15, 0.2) is 17.7 Å². The van der Waals surface area contributed by atoms with Gasteiger partial charge in [0.05, 0.1) is 0 Å². The largest absolute Gasteiger partial charge is 0.0798 e. The Morgan fingerprint density at radius 2 is 1.18 bits per heavy atom. The van der Waals surface area contributed by atoms with E-state index in [1.54, 1.807) is 0 Å². The van der Waals surface area contributed by atoms with Crippen molar-refractivity contribution in [3.63, 3.8) is 0 Å². The van der Waals surface area contributed by atoms with Crippen molar-refractivity contribution in [3.05, 3.63) is 51.1 Å². The van der Waals surface area contributed by atoms with Gasteiger partial charge in [0.15, 0.2) is 0 Å². The van der Waals surface area contributed by atoms with Gasteiger partial charge in [-0.25, -0.2) is 0 Å². The molecule has 0 aliphatic heterocycles. The molecule has 0 heterocycles. The molecule has 2 rings (SSSR count). The van der Waals surface area contributed by atoms with Gasteiger partial charge < -0.3 is 0 Å². The van der Waals surface area contributed by atoms with Crippen LogP contribution >= 0.6 is 0 Å². The van der Waals surface area contributed by atoms with E-state index in [-0.39, 0.29) is 0 Å². The van der Waals surface area contributed by atoms with Crippen molar-refractivity contribution in [1.82, 2.24) is 0 Å². The van der Waals surface area contributed by atoms with Crippen molar-refractivity contribution in [1.29, 1.82) is 0 Å². The average molecular weight is 226 g/mol. The highest BCUT2D eigenvalue weighted by atomic mass is 14.2. The lowest BCUT2D eigenvalue weighted by molar-refractivity contribution is 1.15. The van der Waals surface area contributed by atoms with E-state index in [0.717, 1.165) is 6.42 Å². The summed E-state index contributed by atoms with van der Waals surface area (Å²) in [7, 11) is 0. The van der Waals surface area contributed by atoms with Gasteiger partial charge in [-0.05, 0) is 86.9 Å². The Morgan fingerprint density at radius 1 is 0.706 bits per heavy atom. The Kier molecular flexibility index (Phi) is 2.99. The number of rotatable bonds is 1. The minimum absolute atomic E-state index is 1.11. The second-order valence-electron chi connectivity index (χ2n) is 5.30. The number of benzene rings is 1. The van der Waals surface area contributed by atoms with Crippen molar-refractivity contribution in [2.75, 3.05) is 0 Å². The van der Waals surface area contributed by atoms with Crippen LogP contribution in [0.1, 0.15) is 46.7 Å². The molecule has 0 heteroatoms. The summed E-state index contributed by atoms with van der Waals surface area (Å²) < 4.78 is 0. The molecule has 0 unspecified atom stereocenters. The first kappa shape index (κ1) is 12.2. The topological polar surface area (TPSA) is 0 Å². The fraction of sp³-hybridized carbons (Fsp3) is 0.412. The zero-order valence-electron chi connectivity index (χ0n) is 11.9. The summed E-state index contributed by atoms with van der Waals surface area (Å²) >= 11 is 0. The molecule has 0 aromatic heterocycles. The number of hydrogen-bond acceptors (Lipinski definition) is 0. The molecule has 90 valence electrons. The molecule has 0 nitrogen and oxygen atoms in total. The van der Waals surface area contributed by atoms with Crippen molar-refractivity contribution < 1.29 is 0 Å². The lowest BCUT2D eigenvalue weighted by Crippen LogP contribution is -2.02. The van der Waals surface area contributed by atoms with Gasteiger partial charge in [-0.3, -0.25) is 0 Å². The second-order valence-corrected chi connectivity index (χ2v) is 5.30. The molecule has 0 fully saturated rings. The van der Waals surface area contributed by atoms with E-state index < -0.39 is 0 Å². The van der Waals surface area contributed by atoms with E-state index >= 15 is 0 Å². The summed E-state index contributed by atoms with van der Waals surface area (Å²) in [6.45, 7) is 13.5. The first-order chi connectivity index (χ1) is 7.95. The Bertz CT molecular complexity index is 511. The van der Waals surface area contributed by atoms with E-state index in [0.29, 0.717) is 0 Å². The van der Waals surface area contributed by atoms with E-state index in [1.165, 1.54) is 44.5 Å². The Labute approximate surface area is 105 Å². The molecule has 0 radical (unpaired) electrons. The maximum atomic E-state index is 2.29. The average Bonchev–Trinajstić information content (AvgIpc) is 2.71. The molecule has 0 spiro atoms. The zero-order chi connectivity index (χ0) is 12.7. The summed E-state index contributed by atoms with van der Waals surface area (Å²) in [5.41, 5.74) is 11.7. The number of hydrogen-bond donors (Lipinski definition) is 0. The van der Waals surface area contributed by atoms with E-state index in [9.17, 15) is 0 Å². The molecule has 0 saturated heterocycles. The first-order valence-corrected chi connectivity index (χ1v) is 6.38. The van der Waals surface area contributed by atoms with Gasteiger partial charge in [-0.2, -0.15) is 0 Å². The van der Waals surface area contributed by atoms with Gasteiger partial charge in [0.25, 0.3) is 0 Å². The third kappa shape index (κ3) is 1.76. The summed E-state index contributed by atoms with van der Waals surface area (Å²) in [4.78, 5) is 0. The highest BCUT2D eigenvalue weighted by Gasteiger charge is 2.17. The summed E-state index contributed by atoms with van der Waals surface area (Å²) in [5.74, 6) is 0. The van der Waals surface area contributed by atoms with Crippen LogP contribution in [-0.2, 0) is 0 Å². The molecule has 1 aromatic rings. The maximum Gasteiger partial charge on any atom is -0.0121 e. The minimum atomic E-state index is 1.11. The molecule has 17 heavy (non-hydrogen) atoms. The second kappa shape index (κ2) is 4.18. The van der Waals surface area contributed by atoms with Crippen LogP contribution < -0.4 is 0 Å². The molecule has 0 atom stereocenters. The molecule has 1 aliphatic carbocycles. The van der Waals surface area contributed by atoms with Crippen molar-refractivity contribution in [2.24, 2.45) is 0 Å². The Morgan fingerprint density at radius 3 is 1.59 bits per heavy atom. The molecular formula is C17H22. The van der Waals surface area contributed by atoms with Crippen LogP contribution in [0.3, 0.4) is 0 Å². The van der Waals surface area contributed by atoms with Gasteiger partial charge in [-0.1, -0.05) is 17.7 Å². The standard InChI is InChI=1S/C17H22/c1-10-8-7-9-16(10)17-14(5)12(3)11(2)13(4)15(17)6/h7,9H,8H2,1-6H3. The van der Waals surface area contributed by atoms with Gasteiger partial charge in [0.2, 0.25) is 0 Å². The normalized spacial score (nSPS) is 14.9. The van der Waals surface area contributed by atoms with Crippen LogP contribution in [-0.4, -0.2) is 0 Å². The summed E-state index contributed by atoms with van der Waals surface area (Å²) in [6, 6.07) is 0. The molecule has 0 saturated carbocycles. The Balaban J connectivity index is 2.79. The SMILES string of the molecule is CC1=C(c2c(C)c(C)c(C)c(C)c2C)C=CC1. The molecule has 1 aromatic carbocycles. The van der Waals surface area contributed by atoms with Gasteiger partial charge >= 0.3 is 0 Å². The predicted molar refractivity (Wildman–Crippen MR) is 76.5 cm³/mol. The smallest absolute Gasteiger partial charge is 0.0121 e. The molecule has 1 aliphatic rings. The van der Waals surface area contributed by atoms with Gasteiger partial charge in [0, 0.05) is 0 Å². The van der Waals surface area contributed by atoms with Crippen LogP contribution in [0, 0.1) is 34.6 Å². The van der Waals surface area contributed by atoms with Crippen LogP contribution in [0.4, 0.5) is 0 Å². The van der Waals surface area contributed by atoms with Crippen molar-refractivity contribution in [3.8, 4) is 0 Å². The van der Waals surface area contributed by atoms with E-state index in [2.05, 4.69) is 53.7 Å². The van der Waals surface area contributed by atoms with Crippen molar-refractivity contribution in [2.45, 2.75) is 48.0 Å². The van der Waals surface area contributed by atoms with Crippen molar-refractivity contribution >= 4 is 5.57 Å². The maximum absolute atomic E-state index is 2.29. The fourth-order valence-electron chi connectivity index (χ4n) is 2.81. The molecule has 0 amide bonds. The molecule has 0 N–H and O–H groups in total. The lowest BCUT2D eigenvalue weighted by Gasteiger charge is -2.19. The third-order valence-corrected chi connectivity index (χ3v) is 4.44. The minimum Gasteiger partial charge on any atom is -0.0798 e. The highest BCUT2D eigenvalue weighted by molar-refractivity contribution is 5.83. The monoisotopic (exact) mass is 226 g/mol. The quantitative estimate of drug-likeness (QED) is 0.634. The molecule has 0 bridgehead atoms. The highest BCUT2D eigenvalue weighted by Crippen LogP contribution is 2.36. The van der Waals surface area contributed by atoms with E-state index in [4.69, 9.17) is 0 Å². The fourth-order valence-corrected chi connectivity index (χ4v) is 2.81. The van der Waals surface area contributed by atoms with Crippen LogP contribution in [0.25, 0.3) is 5.57 Å². The van der Waals surface area contributed by atoms with Gasteiger partial charge in [0.1, 0.15) is 0 Å². The molecular weight excluding hydrogens is 204 g/mol. The summed E-state index contributed by atoms with van der Waals surface area (Å²) in [6.07, 6.45) is 5.67. The van der Waals surface area contributed by atoms with Gasteiger partial charge in [-0.15, -0.1) is 0 Å². The number of allylic oxidation sites excluding steroid dienone is 4. The zero-order valence-corrected chi connectivity index (χ0v) is 11.9. The van der Waals surface area contributed by atoms with Crippen LogP contribution in [0.2, 0.25) is 0 Å². The predicted octanol–water partition coefficient (Wildman–Crippen LogP) is 4.96. The first-order valence-electron chi connectivity index (χ1n) is 6.38. The van der Waals surface area contributed by atoms with Crippen LogP contribution in [0.5, 0.6) is 0 Å². The third-order valence-electron chi connectivity index (χ3n) is 4.44.